The van der Waals surface area contributed by atoms with Crippen LogP contribution in [0.2, 0.25) is 0 Å². The van der Waals surface area contributed by atoms with Gasteiger partial charge in [0.05, 0.1) is 0 Å². The maximum atomic E-state index is 3.46. The maximum Gasteiger partial charge on any atom is 0.0480 e. The van der Waals surface area contributed by atoms with Crippen LogP contribution in [0.4, 0.5) is 0 Å². The van der Waals surface area contributed by atoms with Gasteiger partial charge in [0.25, 0.3) is 0 Å². The largest absolute Gasteiger partial charge is 0.350 e. The fourth-order valence-electron chi connectivity index (χ4n) is 3.33. The molecular formula is C16H22N2. The minimum atomic E-state index is 0.665. The average molecular weight is 242 g/mol. The Morgan fingerprint density at radius 1 is 1.22 bits per heavy atom. The van der Waals surface area contributed by atoms with Gasteiger partial charge in [0.1, 0.15) is 0 Å². The van der Waals surface area contributed by atoms with E-state index in [1.165, 1.54) is 42.4 Å². The SMILES string of the molecule is CC(c1cn(C)c2ccccc12)C1CCNCC1. The number of fused-ring (bicyclic) bond motifs is 1. The van der Waals surface area contributed by atoms with E-state index >= 15 is 0 Å². The highest BCUT2D eigenvalue weighted by Crippen LogP contribution is 2.35. The Morgan fingerprint density at radius 2 is 1.94 bits per heavy atom. The summed E-state index contributed by atoms with van der Waals surface area (Å²) in [5.74, 6) is 1.50. The minimum Gasteiger partial charge on any atom is -0.350 e. The molecule has 1 N–H and O–H groups in total. The van der Waals surface area contributed by atoms with Gasteiger partial charge in [-0.15, -0.1) is 0 Å². The molecule has 96 valence electrons. The molecule has 18 heavy (non-hydrogen) atoms. The Labute approximate surface area is 109 Å². The summed E-state index contributed by atoms with van der Waals surface area (Å²) in [6, 6.07) is 8.76. The van der Waals surface area contributed by atoms with E-state index in [9.17, 15) is 0 Å². The number of para-hydroxylation sites is 1. The minimum absolute atomic E-state index is 0.665. The number of aryl methyl sites for hydroxylation is 1. The fraction of sp³-hybridized carbons (Fsp3) is 0.500. The number of hydrogen-bond donors (Lipinski definition) is 1. The van der Waals surface area contributed by atoms with Crippen molar-refractivity contribution < 1.29 is 0 Å². The number of aromatic nitrogens is 1. The number of benzene rings is 1. The number of nitrogens with one attached hydrogen (secondary N) is 1. The van der Waals surface area contributed by atoms with Gasteiger partial charge in [-0.2, -0.15) is 0 Å². The second kappa shape index (κ2) is 4.77. The quantitative estimate of drug-likeness (QED) is 0.855. The third-order valence-corrected chi connectivity index (χ3v) is 4.51. The Morgan fingerprint density at radius 3 is 2.72 bits per heavy atom. The van der Waals surface area contributed by atoms with E-state index in [1.807, 2.05) is 0 Å². The highest BCUT2D eigenvalue weighted by Gasteiger charge is 2.23. The average Bonchev–Trinajstić information content (AvgIpc) is 2.77. The van der Waals surface area contributed by atoms with Gasteiger partial charge in [0.15, 0.2) is 0 Å². The van der Waals surface area contributed by atoms with Crippen molar-refractivity contribution in [2.75, 3.05) is 13.1 Å². The van der Waals surface area contributed by atoms with Crippen LogP contribution in [0.15, 0.2) is 30.5 Å². The van der Waals surface area contributed by atoms with Crippen LogP contribution in [0.1, 0.15) is 31.2 Å². The first-order chi connectivity index (χ1) is 8.77. The Bertz CT molecular complexity index is 535. The maximum absolute atomic E-state index is 3.46. The van der Waals surface area contributed by atoms with Crippen molar-refractivity contribution in [2.24, 2.45) is 13.0 Å². The summed E-state index contributed by atoms with van der Waals surface area (Å²) in [6.07, 6.45) is 4.95. The molecule has 2 aromatic rings. The molecule has 1 fully saturated rings. The summed E-state index contributed by atoms with van der Waals surface area (Å²) in [5.41, 5.74) is 2.88. The topological polar surface area (TPSA) is 17.0 Å². The molecule has 2 heterocycles. The molecule has 2 heteroatoms. The number of hydrogen-bond acceptors (Lipinski definition) is 1. The van der Waals surface area contributed by atoms with Crippen LogP contribution < -0.4 is 5.32 Å². The molecule has 1 aromatic heterocycles. The highest BCUT2D eigenvalue weighted by atomic mass is 14.9. The summed E-state index contributed by atoms with van der Waals surface area (Å²) in [5, 5.41) is 4.89. The normalized spacial score (nSPS) is 19.2. The molecule has 1 atom stereocenters. The van der Waals surface area contributed by atoms with Crippen molar-refractivity contribution in [1.29, 1.82) is 0 Å². The Balaban J connectivity index is 1.98. The predicted octanol–water partition coefficient (Wildman–Crippen LogP) is 3.28. The zero-order valence-corrected chi connectivity index (χ0v) is 11.3. The first-order valence-electron chi connectivity index (χ1n) is 7.02. The van der Waals surface area contributed by atoms with Gasteiger partial charge in [0, 0.05) is 24.1 Å². The Hall–Kier alpha value is -1.28. The number of nitrogens with zero attached hydrogens (tertiary/aromatic N) is 1. The summed E-state index contributed by atoms with van der Waals surface area (Å²) < 4.78 is 2.27. The van der Waals surface area contributed by atoms with Crippen LogP contribution in [0.25, 0.3) is 10.9 Å². The Kier molecular flexibility index (Phi) is 3.13. The predicted molar refractivity (Wildman–Crippen MR) is 76.9 cm³/mol. The summed E-state index contributed by atoms with van der Waals surface area (Å²) in [4.78, 5) is 0. The third-order valence-electron chi connectivity index (χ3n) is 4.51. The molecule has 1 aromatic carbocycles. The molecule has 0 spiro atoms. The first-order valence-corrected chi connectivity index (χ1v) is 7.02. The molecular weight excluding hydrogens is 220 g/mol. The van der Waals surface area contributed by atoms with Crippen molar-refractivity contribution in [1.82, 2.24) is 9.88 Å². The lowest BCUT2D eigenvalue weighted by Gasteiger charge is -2.28. The van der Waals surface area contributed by atoms with Crippen LogP contribution in [0, 0.1) is 5.92 Å². The van der Waals surface area contributed by atoms with Crippen molar-refractivity contribution in [3.63, 3.8) is 0 Å². The summed E-state index contributed by atoms with van der Waals surface area (Å²) >= 11 is 0. The molecule has 1 saturated heterocycles. The van der Waals surface area contributed by atoms with E-state index in [4.69, 9.17) is 0 Å². The lowest BCUT2D eigenvalue weighted by Crippen LogP contribution is -2.30. The lowest BCUT2D eigenvalue weighted by atomic mass is 9.82. The highest BCUT2D eigenvalue weighted by molar-refractivity contribution is 5.84. The van der Waals surface area contributed by atoms with Gasteiger partial charge in [-0.25, -0.2) is 0 Å². The van der Waals surface area contributed by atoms with Crippen molar-refractivity contribution in [2.45, 2.75) is 25.7 Å². The lowest BCUT2D eigenvalue weighted by molar-refractivity contribution is 0.331. The molecule has 0 radical (unpaired) electrons. The molecule has 2 nitrogen and oxygen atoms in total. The second-order valence-electron chi connectivity index (χ2n) is 5.59. The van der Waals surface area contributed by atoms with Crippen LogP contribution in [-0.4, -0.2) is 17.7 Å². The van der Waals surface area contributed by atoms with Crippen LogP contribution in [0.5, 0.6) is 0 Å². The monoisotopic (exact) mass is 242 g/mol. The zero-order valence-electron chi connectivity index (χ0n) is 11.3. The molecule has 0 bridgehead atoms. The van der Waals surface area contributed by atoms with Crippen molar-refractivity contribution in [3.8, 4) is 0 Å². The van der Waals surface area contributed by atoms with Crippen LogP contribution in [-0.2, 0) is 7.05 Å². The van der Waals surface area contributed by atoms with E-state index in [0.29, 0.717) is 5.92 Å². The van der Waals surface area contributed by atoms with Gasteiger partial charge in [-0.05, 0) is 49.4 Å². The molecule has 0 aliphatic carbocycles. The second-order valence-corrected chi connectivity index (χ2v) is 5.59. The molecule has 1 aliphatic heterocycles. The zero-order chi connectivity index (χ0) is 12.5. The standard InChI is InChI=1S/C16H22N2/c1-12(13-7-9-17-10-8-13)15-11-18(2)16-6-4-3-5-14(15)16/h3-6,11-13,17H,7-10H2,1-2H3. The van der Waals surface area contributed by atoms with Crippen LogP contribution in [0.3, 0.4) is 0 Å². The summed E-state index contributed by atoms with van der Waals surface area (Å²) in [6.45, 7) is 4.76. The molecule has 0 amide bonds. The third kappa shape index (κ3) is 1.95. The fourth-order valence-corrected chi connectivity index (χ4v) is 3.33. The van der Waals surface area contributed by atoms with E-state index in [-0.39, 0.29) is 0 Å². The van der Waals surface area contributed by atoms with E-state index < -0.39 is 0 Å². The van der Waals surface area contributed by atoms with Gasteiger partial charge in [0.2, 0.25) is 0 Å². The number of rotatable bonds is 2. The van der Waals surface area contributed by atoms with Crippen LogP contribution >= 0.6 is 0 Å². The van der Waals surface area contributed by atoms with Gasteiger partial charge >= 0.3 is 0 Å². The van der Waals surface area contributed by atoms with E-state index in [0.717, 1.165) is 5.92 Å². The molecule has 0 saturated carbocycles. The van der Waals surface area contributed by atoms with Gasteiger partial charge < -0.3 is 9.88 Å². The summed E-state index contributed by atoms with van der Waals surface area (Å²) in [7, 11) is 2.15. The van der Waals surface area contributed by atoms with E-state index in [2.05, 4.69) is 54.3 Å². The van der Waals surface area contributed by atoms with Crippen molar-refractivity contribution in [3.05, 3.63) is 36.0 Å². The molecule has 1 aliphatic rings. The van der Waals surface area contributed by atoms with Gasteiger partial charge in [-0.3, -0.25) is 0 Å². The van der Waals surface area contributed by atoms with E-state index in [1.54, 1.807) is 0 Å². The van der Waals surface area contributed by atoms with Gasteiger partial charge in [-0.1, -0.05) is 25.1 Å². The van der Waals surface area contributed by atoms with Crippen molar-refractivity contribution >= 4 is 10.9 Å². The smallest absolute Gasteiger partial charge is 0.0480 e. The first kappa shape index (κ1) is 11.8. The molecule has 3 rings (SSSR count). The molecule has 1 unspecified atom stereocenters. The number of piperidine rings is 1.